The minimum absolute atomic E-state index is 0.0705. The van der Waals surface area contributed by atoms with Crippen molar-refractivity contribution in [3.63, 3.8) is 0 Å². The van der Waals surface area contributed by atoms with Crippen LogP contribution in [0.5, 0.6) is 0 Å². The summed E-state index contributed by atoms with van der Waals surface area (Å²) in [5.41, 5.74) is 1.73. The van der Waals surface area contributed by atoms with Gasteiger partial charge in [0.25, 0.3) is 0 Å². The number of aromatic nitrogens is 3. The minimum Gasteiger partial charge on any atom is -0.390 e. The molecule has 0 aliphatic carbocycles. The van der Waals surface area contributed by atoms with Crippen LogP contribution in [0.3, 0.4) is 0 Å². The molecule has 0 atom stereocenters. The number of benzene rings is 1. The number of amides is 2. The molecule has 7 nitrogen and oxygen atoms in total. The average molecular weight is 325 g/mol. The van der Waals surface area contributed by atoms with E-state index in [2.05, 4.69) is 20.6 Å². The van der Waals surface area contributed by atoms with Crippen molar-refractivity contribution in [1.82, 2.24) is 19.9 Å². The highest BCUT2D eigenvalue weighted by molar-refractivity contribution is 5.92. The molecule has 2 heterocycles. The summed E-state index contributed by atoms with van der Waals surface area (Å²) in [7, 11) is 0. The number of hydrogen-bond donors (Lipinski definition) is 3. The monoisotopic (exact) mass is 325 g/mol. The first-order valence-corrected chi connectivity index (χ1v) is 7.73. The molecule has 0 fully saturated rings. The number of carbonyl (C=O) groups excluding carboxylic acids is 1. The Morgan fingerprint density at radius 1 is 1.33 bits per heavy atom. The highest BCUT2D eigenvalue weighted by atomic mass is 16.3. The third kappa shape index (κ3) is 3.52. The zero-order valence-electron chi connectivity index (χ0n) is 13.4. The first-order chi connectivity index (χ1) is 11.7. The highest BCUT2D eigenvalue weighted by Crippen LogP contribution is 2.21. The van der Waals surface area contributed by atoms with Crippen LogP contribution in [0.2, 0.25) is 0 Å². The third-order valence-corrected chi connectivity index (χ3v) is 3.64. The van der Waals surface area contributed by atoms with E-state index < -0.39 is 0 Å². The first-order valence-electron chi connectivity index (χ1n) is 7.73. The Kier molecular flexibility index (Phi) is 4.72. The summed E-state index contributed by atoms with van der Waals surface area (Å²) in [5, 5.41) is 16.5. The van der Waals surface area contributed by atoms with Crippen LogP contribution >= 0.6 is 0 Å². The second-order valence-electron chi connectivity index (χ2n) is 5.39. The Morgan fingerprint density at radius 2 is 2.21 bits per heavy atom. The number of pyridine rings is 1. The Bertz CT molecular complexity index is 859. The number of carbonyl (C=O) groups is 1. The standard InChI is InChI=1S/C17H19N5O2/c1-2-18-17(24)21-16-6-12-4-3-5-13(15(12)7-19-16)8-22-9-14(10-23)20-11-22/h3-7,9,11,23H,2,8,10H2,1H3,(H2,18,19,21,24). The van der Waals surface area contributed by atoms with Gasteiger partial charge in [-0.3, -0.25) is 5.32 Å². The smallest absolute Gasteiger partial charge is 0.320 e. The number of fused-ring (bicyclic) bond motifs is 1. The van der Waals surface area contributed by atoms with Crippen LogP contribution < -0.4 is 10.6 Å². The van der Waals surface area contributed by atoms with Crippen molar-refractivity contribution in [2.45, 2.75) is 20.1 Å². The molecule has 0 radical (unpaired) electrons. The van der Waals surface area contributed by atoms with E-state index in [0.717, 1.165) is 16.3 Å². The molecule has 24 heavy (non-hydrogen) atoms. The molecule has 0 saturated heterocycles. The maximum Gasteiger partial charge on any atom is 0.320 e. The molecule has 0 bridgehead atoms. The van der Waals surface area contributed by atoms with Crippen molar-refractivity contribution in [2.24, 2.45) is 0 Å². The van der Waals surface area contributed by atoms with Crippen LogP contribution in [0.4, 0.5) is 10.6 Å². The summed E-state index contributed by atoms with van der Waals surface area (Å²) in [5.74, 6) is 0.510. The minimum atomic E-state index is -0.268. The molecule has 0 aliphatic heterocycles. The molecule has 124 valence electrons. The normalized spacial score (nSPS) is 10.8. The second kappa shape index (κ2) is 7.10. The summed E-state index contributed by atoms with van der Waals surface area (Å²) in [6.07, 6.45) is 5.27. The van der Waals surface area contributed by atoms with Crippen molar-refractivity contribution in [1.29, 1.82) is 0 Å². The van der Waals surface area contributed by atoms with E-state index in [4.69, 9.17) is 5.11 Å². The number of nitrogens with zero attached hydrogens (tertiary/aromatic N) is 3. The molecule has 0 saturated carbocycles. The van der Waals surface area contributed by atoms with Crippen LogP contribution in [-0.4, -0.2) is 32.2 Å². The molecular weight excluding hydrogens is 306 g/mol. The van der Waals surface area contributed by atoms with Gasteiger partial charge in [0, 0.05) is 30.9 Å². The van der Waals surface area contributed by atoms with Crippen LogP contribution in [0.1, 0.15) is 18.2 Å². The molecule has 3 aromatic rings. The number of urea groups is 1. The van der Waals surface area contributed by atoms with Gasteiger partial charge in [0.2, 0.25) is 0 Å². The van der Waals surface area contributed by atoms with E-state index in [1.54, 1.807) is 12.5 Å². The molecule has 3 rings (SSSR count). The predicted octanol–water partition coefficient (Wildman–Crippen LogP) is 2.11. The van der Waals surface area contributed by atoms with Crippen LogP contribution in [0.25, 0.3) is 10.8 Å². The number of imidazole rings is 1. The summed E-state index contributed by atoms with van der Waals surface area (Å²) in [6.45, 7) is 2.98. The molecule has 3 N–H and O–H groups in total. The molecule has 1 aromatic carbocycles. The SMILES string of the molecule is CCNC(=O)Nc1cc2cccc(Cn3cnc(CO)c3)c2cn1. The topological polar surface area (TPSA) is 92.1 Å². The molecule has 0 unspecified atom stereocenters. The summed E-state index contributed by atoms with van der Waals surface area (Å²) >= 11 is 0. The van der Waals surface area contributed by atoms with E-state index in [1.807, 2.05) is 42.0 Å². The molecule has 0 aliphatic rings. The van der Waals surface area contributed by atoms with Crippen molar-refractivity contribution >= 4 is 22.6 Å². The largest absolute Gasteiger partial charge is 0.390 e. The maximum atomic E-state index is 11.6. The van der Waals surface area contributed by atoms with Crippen molar-refractivity contribution in [3.05, 3.63) is 54.2 Å². The van der Waals surface area contributed by atoms with Gasteiger partial charge in [0.1, 0.15) is 5.82 Å². The molecular formula is C17H19N5O2. The lowest BCUT2D eigenvalue weighted by Crippen LogP contribution is -2.28. The van der Waals surface area contributed by atoms with Crippen molar-refractivity contribution in [2.75, 3.05) is 11.9 Å². The van der Waals surface area contributed by atoms with E-state index in [0.29, 0.717) is 24.6 Å². The van der Waals surface area contributed by atoms with E-state index in [9.17, 15) is 4.79 Å². The van der Waals surface area contributed by atoms with Crippen molar-refractivity contribution < 1.29 is 9.90 Å². The fourth-order valence-corrected chi connectivity index (χ4v) is 2.53. The average Bonchev–Trinajstić information content (AvgIpc) is 3.03. The Labute approximate surface area is 139 Å². The second-order valence-corrected chi connectivity index (χ2v) is 5.39. The van der Waals surface area contributed by atoms with E-state index >= 15 is 0 Å². The lowest BCUT2D eigenvalue weighted by molar-refractivity contribution is 0.252. The highest BCUT2D eigenvalue weighted by Gasteiger charge is 2.07. The maximum absolute atomic E-state index is 11.6. The number of aliphatic hydroxyl groups excluding tert-OH is 1. The van der Waals surface area contributed by atoms with Gasteiger partial charge < -0.3 is 15.0 Å². The zero-order valence-corrected chi connectivity index (χ0v) is 13.4. The zero-order chi connectivity index (χ0) is 16.9. The number of rotatable bonds is 5. The van der Waals surface area contributed by atoms with Gasteiger partial charge in [-0.1, -0.05) is 18.2 Å². The molecule has 2 aromatic heterocycles. The quantitative estimate of drug-likeness (QED) is 0.670. The van der Waals surface area contributed by atoms with Crippen LogP contribution in [-0.2, 0) is 13.2 Å². The molecule has 0 spiro atoms. The number of anilines is 1. The fraction of sp³-hybridized carbons (Fsp3) is 0.235. The summed E-state index contributed by atoms with van der Waals surface area (Å²) in [6, 6.07) is 7.56. The Morgan fingerprint density at radius 3 is 2.96 bits per heavy atom. The van der Waals surface area contributed by atoms with Gasteiger partial charge in [-0.15, -0.1) is 0 Å². The first kappa shape index (κ1) is 15.9. The Balaban J connectivity index is 1.86. The van der Waals surface area contributed by atoms with Gasteiger partial charge in [0.15, 0.2) is 0 Å². The molecule has 2 amide bonds. The van der Waals surface area contributed by atoms with E-state index in [-0.39, 0.29) is 12.6 Å². The third-order valence-electron chi connectivity index (χ3n) is 3.64. The lowest BCUT2D eigenvalue weighted by atomic mass is 10.1. The van der Waals surface area contributed by atoms with Gasteiger partial charge in [-0.2, -0.15) is 0 Å². The van der Waals surface area contributed by atoms with Gasteiger partial charge >= 0.3 is 6.03 Å². The van der Waals surface area contributed by atoms with Gasteiger partial charge in [-0.05, 0) is 23.9 Å². The summed E-state index contributed by atoms with van der Waals surface area (Å²) in [4.78, 5) is 20.0. The summed E-state index contributed by atoms with van der Waals surface area (Å²) < 4.78 is 1.92. The Hall–Kier alpha value is -2.93. The number of aliphatic hydroxyl groups is 1. The lowest BCUT2D eigenvalue weighted by Gasteiger charge is -2.09. The van der Waals surface area contributed by atoms with Crippen LogP contribution in [0, 0.1) is 0 Å². The van der Waals surface area contributed by atoms with Crippen LogP contribution in [0.15, 0.2) is 43.0 Å². The fourth-order valence-electron chi connectivity index (χ4n) is 2.53. The van der Waals surface area contributed by atoms with Gasteiger partial charge in [0.05, 0.1) is 18.6 Å². The molecule has 7 heteroatoms. The van der Waals surface area contributed by atoms with E-state index in [1.165, 1.54) is 0 Å². The predicted molar refractivity (Wildman–Crippen MR) is 91.7 cm³/mol. The van der Waals surface area contributed by atoms with Crippen molar-refractivity contribution in [3.8, 4) is 0 Å². The number of hydrogen-bond acceptors (Lipinski definition) is 4. The number of nitrogens with one attached hydrogen (secondary N) is 2. The van der Waals surface area contributed by atoms with Gasteiger partial charge in [-0.25, -0.2) is 14.8 Å².